The molecule has 3 aromatic rings. The number of para-hydroxylation sites is 1. The number of anilines is 2. The predicted octanol–water partition coefficient (Wildman–Crippen LogP) is 3.75. The Hall–Kier alpha value is -2.99. The van der Waals surface area contributed by atoms with Crippen LogP contribution in [0.3, 0.4) is 0 Å². The summed E-state index contributed by atoms with van der Waals surface area (Å²) >= 11 is 0. The summed E-state index contributed by atoms with van der Waals surface area (Å²) in [4.78, 5) is 21.4. The van der Waals surface area contributed by atoms with Gasteiger partial charge in [0.15, 0.2) is 0 Å². The number of aryl methyl sites for hydroxylation is 2. The maximum absolute atomic E-state index is 13.5. The number of hydrogen-bond acceptors (Lipinski definition) is 4. The molecule has 150 valence electrons. The van der Waals surface area contributed by atoms with Crippen LogP contribution >= 0.6 is 0 Å². The Kier molecular flexibility index (Phi) is 5.45. The Labute approximate surface area is 170 Å². The van der Waals surface area contributed by atoms with Crippen LogP contribution in [-0.2, 0) is 4.79 Å². The number of amides is 1. The molecule has 5 nitrogen and oxygen atoms in total. The Morgan fingerprint density at radius 1 is 1.03 bits per heavy atom. The summed E-state index contributed by atoms with van der Waals surface area (Å²) in [6, 6.07) is 14.6. The number of halogens is 1. The summed E-state index contributed by atoms with van der Waals surface area (Å²) in [5.74, 6) is 0.583. The first-order chi connectivity index (χ1) is 14.0. The molecule has 1 aromatic heterocycles. The van der Waals surface area contributed by atoms with Gasteiger partial charge in [-0.05, 0) is 49.2 Å². The Morgan fingerprint density at radius 3 is 2.45 bits per heavy atom. The number of pyridine rings is 1. The summed E-state index contributed by atoms with van der Waals surface area (Å²) in [5, 5.41) is 3.98. The zero-order chi connectivity index (χ0) is 20.4. The van der Waals surface area contributed by atoms with E-state index in [1.54, 1.807) is 6.07 Å². The van der Waals surface area contributed by atoms with Gasteiger partial charge in [0.05, 0.1) is 12.1 Å². The van der Waals surface area contributed by atoms with Crippen LogP contribution in [0.1, 0.15) is 11.1 Å². The molecule has 0 radical (unpaired) electrons. The third-order valence-electron chi connectivity index (χ3n) is 5.45. The van der Waals surface area contributed by atoms with Crippen LogP contribution < -0.4 is 10.2 Å². The van der Waals surface area contributed by atoms with E-state index in [1.807, 2.05) is 44.2 Å². The molecule has 0 aliphatic carbocycles. The number of carbonyl (C=O) groups is 1. The number of fused-ring (bicyclic) bond motifs is 1. The number of aromatic nitrogens is 1. The number of carbonyl (C=O) groups excluding carboxylic acids is 1. The minimum atomic E-state index is -0.276. The maximum Gasteiger partial charge on any atom is 0.238 e. The van der Waals surface area contributed by atoms with Crippen molar-refractivity contribution >= 4 is 28.3 Å². The molecule has 2 heterocycles. The average molecular weight is 392 g/mol. The van der Waals surface area contributed by atoms with Gasteiger partial charge >= 0.3 is 0 Å². The Morgan fingerprint density at radius 2 is 1.72 bits per heavy atom. The lowest BCUT2D eigenvalue weighted by Crippen LogP contribution is -2.49. The van der Waals surface area contributed by atoms with Gasteiger partial charge in [0.25, 0.3) is 0 Å². The molecule has 0 saturated carbocycles. The van der Waals surface area contributed by atoms with Crippen molar-refractivity contribution in [2.75, 3.05) is 42.9 Å². The molecule has 4 rings (SSSR count). The van der Waals surface area contributed by atoms with Gasteiger partial charge in [-0.1, -0.05) is 18.2 Å². The number of benzene rings is 2. The van der Waals surface area contributed by atoms with Gasteiger partial charge in [0, 0.05) is 43.3 Å². The highest BCUT2D eigenvalue weighted by molar-refractivity contribution is 5.93. The fourth-order valence-corrected chi connectivity index (χ4v) is 3.78. The molecule has 1 amide bonds. The molecule has 0 atom stereocenters. The molecule has 1 fully saturated rings. The van der Waals surface area contributed by atoms with Crippen LogP contribution in [-0.4, -0.2) is 48.5 Å². The minimum Gasteiger partial charge on any atom is -0.354 e. The molecule has 0 spiro atoms. The van der Waals surface area contributed by atoms with Crippen molar-refractivity contribution < 1.29 is 9.18 Å². The summed E-state index contributed by atoms with van der Waals surface area (Å²) in [6.07, 6.45) is 0. The lowest BCUT2D eigenvalue weighted by molar-refractivity contribution is -0.117. The Bertz CT molecular complexity index is 1020. The summed E-state index contributed by atoms with van der Waals surface area (Å²) in [7, 11) is 0. The quantitative estimate of drug-likeness (QED) is 0.735. The Balaban J connectivity index is 1.35. The van der Waals surface area contributed by atoms with Crippen LogP contribution in [0.15, 0.2) is 48.5 Å². The first kappa shape index (κ1) is 19.3. The van der Waals surface area contributed by atoms with Gasteiger partial charge in [-0.3, -0.25) is 9.69 Å². The number of rotatable bonds is 4. The zero-order valence-corrected chi connectivity index (χ0v) is 16.8. The molecule has 0 unspecified atom stereocenters. The van der Waals surface area contributed by atoms with E-state index in [0.29, 0.717) is 12.1 Å². The molecular weight excluding hydrogens is 367 g/mol. The first-order valence-corrected chi connectivity index (χ1v) is 9.89. The second-order valence-electron chi connectivity index (χ2n) is 7.58. The van der Waals surface area contributed by atoms with E-state index < -0.39 is 0 Å². The van der Waals surface area contributed by atoms with Gasteiger partial charge in [-0.2, -0.15) is 0 Å². The van der Waals surface area contributed by atoms with E-state index >= 15 is 0 Å². The standard InChI is InChI=1S/C23H25FN4O/c1-16-4-3-5-17(2)23(16)26-22(29)15-27-10-12-28(13-11-27)21-9-7-18-6-8-19(24)14-20(18)25-21/h3-9,14H,10-13,15H2,1-2H3,(H,26,29). The molecule has 0 bridgehead atoms. The van der Waals surface area contributed by atoms with E-state index in [4.69, 9.17) is 0 Å². The summed E-state index contributed by atoms with van der Waals surface area (Å²) < 4.78 is 13.5. The number of hydrogen-bond donors (Lipinski definition) is 1. The van der Waals surface area contributed by atoms with E-state index in [0.717, 1.165) is 54.2 Å². The first-order valence-electron chi connectivity index (χ1n) is 9.89. The van der Waals surface area contributed by atoms with Gasteiger partial charge in [0.1, 0.15) is 11.6 Å². The van der Waals surface area contributed by atoms with E-state index in [9.17, 15) is 9.18 Å². The monoisotopic (exact) mass is 392 g/mol. The minimum absolute atomic E-state index is 0.00940. The lowest BCUT2D eigenvalue weighted by atomic mass is 10.1. The van der Waals surface area contributed by atoms with Crippen molar-refractivity contribution in [1.82, 2.24) is 9.88 Å². The molecule has 6 heteroatoms. The molecule has 1 saturated heterocycles. The second-order valence-corrected chi connectivity index (χ2v) is 7.58. The van der Waals surface area contributed by atoms with Crippen molar-refractivity contribution in [2.45, 2.75) is 13.8 Å². The lowest BCUT2D eigenvalue weighted by Gasteiger charge is -2.35. The van der Waals surface area contributed by atoms with E-state index in [1.165, 1.54) is 12.1 Å². The van der Waals surface area contributed by atoms with Crippen LogP contribution in [0, 0.1) is 19.7 Å². The van der Waals surface area contributed by atoms with Gasteiger partial charge in [0.2, 0.25) is 5.91 Å². The fraction of sp³-hybridized carbons (Fsp3) is 0.304. The smallest absolute Gasteiger partial charge is 0.238 e. The highest BCUT2D eigenvalue weighted by Gasteiger charge is 2.20. The normalized spacial score (nSPS) is 14.9. The molecule has 1 aliphatic heterocycles. The number of nitrogens with one attached hydrogen (secondary N) is 1. The molecule has 2 aromatic carbocycles. The third kappa shape index (κ3) is 4.38. The SMILES string of the molecule is Cc1cccc(C)c1NC(=O)CN1CCN(c2ccc3ccc(F)cc3n2)CC1. The van der Waals surface area contributed by atoms with Crippen LogP contribution in [0.4, 0.5) is 15.9 Å². The largest absolute Gasteiger partial charge is 0.354 e. The fourth-order valence-electron chi connectivity index (χ4n) is 3.78. The van der Waals surface area contributed by atoms with Gasteiger partial charge < -0.3 is 10.2 Å². The zero-order valence-electron chi connectivity index (χ0n) is 16.8. The molecule has 1 aliphatic rings. The summed E-state index contributed by atoms with van der Waals surface area (Å²) in [6.45, 7) is 7.51. The average Bonchev–Trinajstić information content (AvgIpc) is 2.71. The summed E-state index contributed by atoms with van der Waals surface area (Å²) in [5.41, 5.74) is 3.71. The van der Waals surface area contributed by atoms with Crippen molar-refractivity contribution in [3.63, 3.8) is 0 Å². The van der Waals surface area contributed by atoms with Gasteiger partial charge in [-0.25, -0.2) is 9.37 Å². The van der Waals surface area contributed by atoms with E-state index in [-0.39, 0.29) is 11.7 Å². The molecule has 29 heavy (non-hydrogen) atoms. The maximum atomic E-state index is 13.5. The topological polar surface area (TPSA) is 48.5 Å². The van der Waals surface area contributed by atoms with E-state index in [2.05, 4.69) is 20.1 Å². The number of nitrogens with zero attached hydrogens (tertiary/aromatic N) is 3. The van der Waals surface area contributed by atoms with Crippen LogP contribution in [0.2, 0.25) is 0 Å². The second kappa shape index (κ2) is 8.17. The van der Waals surface area contributed by atoms with Crippen LogP contribution in [0.5, 0.6) is 0 Å². The molecule has 1 N–H and O–H groups in total. The van der Waals surface area contributed by atoms with Gasteiger partial charge in [-0.15, -0.1) is 0 Å². The molecular formula is C23H25FN4O. The van der Waals surface area contributed by atoms with Crippen molar-refractivity contribution in [2.24, 2.45) is 0 Å². The van der Waals surface area contributed by atoms with Crippen LogP contribution in [0.25, 0.3) is 10.9 Å². The highest BCUT2D eigenvalue weighted by atomic mass is 19.1. The van der Waals surface area contributed by atoms with Crippen molar-refractivity contribution in [1.29, 1.82) is 0 Å². The third-order valence-corrected chi connectivity index (χ3v) is 5.45. The van der Waals surface area contributed by atoms with Crippen molar-refractivity contribution in [3.8, 4) is 0 Å². The highest BCUT2D eigenvalue weighted by Crippen LogP contribution is 2.21. The predicted molar refractivity (Wildman–Crippen MR) is 115 cm³/mol. The van der Waals surface area contributed by atoms with Crippen molar-refractivity contribution in [3.05, 3.63) is 65.5 Å². The number of piperazine rings is 1.